The van der Waals surface area contributed by atoms with Crippen molar-refractivity contribution in [3.8, 4) is 5.75 Å². The summed E-state index contributed by atoms with van der Waals surface area (Å²) < 4.78 is 39.8. The lowest BCUT2D eigenvalue weighted by atomic mass is 9.98. The van der Waals surface area contributed by atoms with Crippen LogP contribution in [0.1, 0.15) is 60.3 Å². The third-order valence-electron chi connectivity index (χ3n) is 4.33. The summed E-state index contributed by atoms with van der Waals surface area (Å²) in [5, 5.41) is 0. The predicted molar refractivity (Wildman–Crippen MR) is 109 cm³/mol. The Balaban J connectivity index is 1.86. The maximum atomic E-state index is 12.8. The molecule has 0 spiro atoms. The summed E-state index contributed by atoms with van der Waals surface area (Å²) >= 11 is 0. The summed E-state index contributed by atoms with van der Waals surface area (Å²) in [5.41, 5.74) is -0.404. The Morgan fingerprint density at radius 3 is 2.48 bits per heavy atom. The fourth-order valence-corrected chi connectivity index (χ4v) is 4.17. The third kappa shape index (κ3) is 8.62. The number of hydrogen-bond donors (Lipinski definition) is 1. The number of benzene rings is 1. The summed E-state index contributed by atoms with van der Waals surface area (Å²) in [6.45, 7) is 12.2. The first kappa shape index (κ1) is 22.2. The van der Waals surface area contributed by atoms with Crippen molar-refractivity contribution >= 4 is 10.0 Å². The number of rotatable bonds is 11. The van der Waals surface area contributed by atoms with Gasteiger partial charge in [0, 0.05) is 18.2 Å². The van der Waals surface area contributed by atoms with Crippen LogP contribution in [0.25, 0.3) is 0 Å². The standard InChI is InChI=1S/C21H35NO4S/c1-20(2,3)16-25-13-7-12-21(4,5)22-27(23,24)19-9-6-8-18(14-19)26-15-17-10-11-17/h6,8-9,14,17,22H,7,10-13,15-16H2,1-5H3. The molecule has 0 unspecified atom stereocenters. The van der Waals surface area contributed by atoms with Crippen LogP contribution in [0.15, 0.2) is 29.2 Å². The zero-order chi connectivity index (χ0) is 20.1. The largest absolute Gasteiger partial charge is 0.493 e. The second-order valence-corrected chi connectivity index (χ2v) is 11.1. The van der Waals surface area contributed by atoms with Gasteiger partial charge in [0.05, 0.1) is 18.1 Å². The maximum absolute atomic E-state index is 12.8. The number of sulfonamides is 1. The minimum Gasteiger partial charge on any atom is -0.493 e. The van der Waals surface area contributed by atoms with E-state index in [2.05, 4.69) is 25.5 Å². The van der Waals surface area contributed by atoms with E-state index in [-0.39, 0.29) is 10.3 Å². The van der Waals surface area contributed by atoms with Crippen molar-refractivity contribution in [1.82, 2.24) is 4.72 Å². The van der Waals surface area contributed by atoms with Crippen LogP contribution in [0.2, 0.25) is 0 Å². The van der Waals surface area contributed by atoms with Crippen molar-refractivity contribution in [2.24, 2.45) is 11.3 Å². The summed E-state index contributed by atoms with van der Waals surface area (Å²) in [7, 11) is -3.60. The maximum Gasteiger partial charge on any atom is 0.241 e. The molecular weight excluding hydrogens is 362 g/mol. The lowest BCUT2D eigenvalue weighted by Gasteiger charge is -2.26. The Morgan fingerprint density at radius 1 is 1.15 bits per heavy atom. The summed E-state index contributed by atoms with van der Waals surface area (Å²) in [6, 6.07) is 6.74. The molecule has 0 bridgehead atoms. The van der Waals surface area contributed by atoms with Gasteiger partial charge >= 0.3 is 0 Å². The van der Waals surface area contributed by atoms with Crippen LogP contribution in [0.5, 0.6) is 5.75 Å². The Kier molecular flexibility index (Phi) is 7.33. The van der Waals surface area contributed by atoms with Gasteiger partial charge in [-0.05, 0) is 63.0 Å². The molecule has 5 nitrogen and oxygen atoms in total. The van der Waals surface area contributed by atoms with E-state index in [4.69, 9.17) is 9.47 Å². The van der Waals surface area contributed by atoms with Crippen molar-refractivity contribution < 1.29 is 17.9 Å². The van der Waals surface area contributed by atoms with Crippen LogP contribution in [0.4, 0.5) is 0 Å². The van der Waals surface area contributed by atoms with Crippen molar-refractivity contribution in [2.45, 2.75) is 70.7 Å². The monoisotopic (exact) mass is 397 g/mol. The van der Waals surface area contributed by atoms with Crippen LogP contribution in [0.3, 0.4) is 0 Å². The van der Waals surface area contributed by atoms with Crippen LogP contribution in [0, 0.1) is 11.3 Å². The van der Waals surface area contributed by atoms with Crippen LogP contribution < -0.4 is 9.46 Å². The zero-order valence-electron chi connectivity index (χ0n) is 17.4. The molecule has 1 aromatic rings. The van der Waals surface area contributed by atoms with E-state index in [1.807, 2.05) is 13.8 Å². The first-order chi connectivity index (χ1) is 12.5. The van der Waals surface area contributed by atoms with Gasteiger partial charge in [0.2, 0.25) is 10.0 Å². The summed E-state index contributed by atoms with van der Waals surface area (Å²) in [5.74, 6) is 1.24. The Labute approximate surface area is 164 Å². The molecule has 0 aromatic heterocycles. The molecule has 154 valence electrons. The molecule has 1 fully saturated rings. The normalized spacial score (nSPS) is 15.7. The molecule has 0 radical (unpaired) electrons. The molecule has 27 heavy (non-hydrogen) atoms. The van der Waals surface area contributed by atoms with E-state index in [1.165, 1.54) is 12.8 Å². The third-order valence-corrected chi connectivity index (χ3v) is 6.03. The molecule has 0 amide bonds. The second kappa shape index (κ2) is 8.93. The Bertz CT molecular complexity index is 703. The summed E-state index contributed by atoms with van der Waals surface area (Å²) in [6.07, 6.45) is 3.91. The van der Waals surface area contributed by atoms with Crippen molar-refractivity contribution in [3.63, 3.8) is 0 Å². The first-order valence-corrected chi connectivity index (χ1v) is 11.3. The lowest BCUT2D eigenvalue weighted by Crippen LogP contribution is -2.43. The highest BCUT2D eigenvalue weighted by Gasteiger charge is 2.27. The zero-order valence-corrected chi connectivity index (χ0v) is 18.2. The van der Waals surface area contributed by atoms with E-state index >= 15 is 0 Å². The topological polar surface area (TPSA) is 64.6 Å². The van der Waals surface area contributed by atoms with E-state index in [0.717, 1.165) is 6.42 Å². The smallest absolute Gasteiger partial charge is 0.241 e. The van der Waals surface area contributed by atoms with Crippen LogP contribution >= 0.6 is 0 Å². The van der Waals surface area contributed by atoms with Gasteiger partial charge in [0.1, 0.15) is 5.75 Å². The predicted octanol–water partition coefficient (Wildman–Crippen LogP) is 4.38. The molecule has 1 aromatic carbocycles. The fraction of sp³-hybridized carbons (Fsp3) is 0.714. The Morgan fingerprint density at radius 2 is 1.85 bits per heavy atom. The van der Waals surface area contributed by atoms with Crippen molar-refractivity contribution in [2.75, 3.05) is 19.8 Å². The highest BCUT2D eigenvalue weighted by Crippen LogP contribution is 2.30. The van der Waals surface area contributed by atoms with Gasteiger partial charge in [-0.1, -0.05) is 26.8 Å². The van der Waals surface area contributed by atoms with E-state index in [0.29, 0.717) is 37.9 Å². The average Bonchev–Trinajstić information content (AvgIpc) is 3.35. The Hall–Kier alpha value is -1.11. The molecule has 0 atom stereocenters. The molecule has 0 saturated heterocycles. The van der Waals surface area contributed by atoms with E-state index in [9.17, 15) is 8.42 Å². The molecule has 1 saturated carbocycles. The minimum atomic E-state index is -3.60. The van der Waals surface area contributed by atoms with Gasteiger partial charge < -0.3 is 9.47 Å². The highest BCUT2D eigenvalue weighted by atomic mass is 32.2. The van der Waals surface area contributed by atoms with Gasteiger partial charge in [-0.15, -0.1) is 0 Å². The molecule has 1 aliphatic rings. The number of ether oxygens (including phenoxy) is 2. The SMILES string of the molecule is CC(C)(C)COCCCC(C)(C)NS(=O)(=O)c1cccc(OCC2CC2)c1. The molecule has 0 aliphatic heterocycles. The van der Waals surface area contributed by atoms with E-state index in [1.54, 1.807) is 24.3 Å². The number of hydrogen-bond acceptors (Lipinski definition) is 4. The van der Waals surface area contributed by atoms with Crippen LogP contribution in [-0.4, -0.2) is 33.8 Å². The van der Waals surface area contributed by atoms with Crippen LogP contribution in [-0.2, 0) is 14.8 Å². The molecule has 1 N–H and O–H groups in total. The molecular formula is C21H35NO4S. The second-order valence-electron chi connectivity index (χ2n) is 9.44. The quantitative estimate of drug-likeness (QED) is 0.563. The lowest BCUT2D eigenvalue weighted by molar-refractivity contribution is 0.0664. The molecule has 6 heteroatoms. The summed E-state index contributed by atoms with van der Waals surface area (Å²) in [4.78, 5) is 0.243. The van der Waals surface area contributed by atoms with E-state index < -0.39 is 15.6 Å². The van der Waals surface area contributed by atoms with Gasteiger partial charge in [-0.2, -0.15) is 0 Å². The van der Waals surface area contributed by atoms with Gasteiger partial charge in [-0.3, -0.25) is 0 Å². The van der Waals surface area contributed by atoms with Crippen molar-refractivity contribution in [3.05, 3.63) is 24.3 Å². The fourth-order valence-electron chi connectivity index (χ4n) is 2.70. The number of nitrogens with one attached hydrogen (secondary N) is 1. The molecule has 0 heterocycles. The van der Waals surface area contributed by atoms with Gasteiger partial charge in [0.25, 0.3) is 0 Å². The molecule has 2 rings (SSSR count). The molecule has 1 aliphatic carbocycles. The van der Waals surface area contributed by atoms with Gasteiger partial charge in [0.15, 0.2) is 0 Å². The minimum absolute atomic E-state index is 0.143. The first-order valence-electron chi connectivity index (χ1n) is 9.81. The average molecular weight is 398 g/mol. The highest BCUT2D eigenvalue weighted by molar-refractivity contribution is 7.89. The van der Waals surface area contributed by atoms with Crippen molar-refractivity contribution in [1.29, 1.82) is 0 Å². The van der Waals surface area contributed by atoms with Gasteiger partial charge in [-0.25, -0.2) is 13.1 Å².